The van der Waals surface area contributed by atoms with Crippen molar-refractivity contribution in [3.05, 3.63) is 71.7 Å². The first-order valence-electron chi connectivity index (χ1n) is 11.9. The number of rotatable bonds is 10. The Balaban J connectivity index is 1.29. The standard InChI is InChI=1S/C26H28N4O3S/c1-2-3-20-15-27-16-22(29-20)19-6-4-18(5-7-19)14-24(31)26(11-12-26)23-10-13-28-25(30-23)17-34(32,33)21-8-9-21/h4-7,10,13,15-16,21H,2-3,8-9,11-12,14,17H2,1H3. The van der Waals surface area contributed by atoms with E-state index in [4.69, 9.17) is 0 Å². The quantitative estimate of drug-likeness (QED) is 0.438. The Morgan fingerprint density at radius 1 is 1.06 bits per heavy atom. The van der Waals surface area contributed by atoms with E-state index in [1.165, 1.54) is 0 Å². The maximum absolute atomic E-state index is 13.3. The van der Waals surface area contributed by atoms with Gasteiger partial charge in [-0.25, -0.2) is 23.4 Å². The Kier molecular flexibility index (Phi) is 6.02. The summed E-state index contributed by atoms with van der Waals surface area (Å²) in [5, 5.41) is -0.251. The molecule has 0 spiro atoms. The van der Waals surface area contributed by atoms with Crippen LogP contribution in [0, 0.1) is 0 Å². The van der Waals surface area contributed by atoms with Gasteiger partial charge in [-0.05, 0) is 43.7 Å². The number of benzene rings is 1. The Morgan fingerprint density at radius 3 is 2.50 bits per heavy atom. The van der Waals surface area contributed by atoms with E-state index in [1.807, 2.05) is 24.3 Å². The lowest BCUT2D eigenvalue weighted by atomic mass is 9.91. The van der Waals surface area contributed by atoms with Crippen LogP contribution in [0.4, 0.5) is 0 Å². The van der Waals surface area contributed by atoms with E-state index in [9.17, 15) is 13.2 Å². The molecule has 2 saturated carbocycles. The van der Waals surface area contributed by atoms with Crippen LogP contribution in [0.15, 0.2) is 48.9 Å². The first-order chi connectivity index (χ1) is 16.4. The van der Waals surface area contributed by atoms with Crippen molar-refractivity contribution in [3.63, 3.8) is 0 Å². The summed E-state index contributed by atoms with van der Waals surface area (Å²) >= 11 is 0. The van der Waals surface area contributed by atoms with Crippen LogP contribution >= 0.6 is 0 Å². The van der Waals surface area contributed by atoms with Crippen LogP contribution in [-0.4, -0.2) is 39.4 Å². The Labute approximate surface area is 200 Å². The number of sulfone groups is 1. The van der Waals surface area contributed by atoms with E-state index in [0.29, 0.717) is 17.9 Å². The SMILES string of the molecule is CCCc1cncc(-c2ccc(CC(=O)C3(c4ccnc(CS(=O)(=O)C5CC5)n4)CC3)cc2)n1. The molecule has 1 aromatic carbocycles. The van der Waals surface area contributed by atoms with Gasteiger partial charge in [0.25, 0.3) is 0 Å². The molecule has 176 valence electrons. The largest absolute Gasteiger partial charge is 0.298 e. The molecule has 0 bridgehead atoms. The van der Waals surface area contributed by atoms with E-state index in [2.05, 4.69) is 26.9 Å². The van der Waals surface area contributed by atoms with Crippen LogP contribution < -0.4 is 0 Å². The summed E-state index contributed by atoms with van der Waals surface area (Å²) in [5.74, 6) is 0.249. The third-order valence-electron chi connectivity index (χ3n) is 6.65. The summed E-state index contributed by atoms with van der Waals surface area (Å²) in [6, 6.07) is 9.64. The molecule has 7 nitrogen and oxygen atoms in total. The molecule has 0 saturated heterocycles. The molecule has 0 aliphatic heterocycles. The van der Waals surface area contributed by atoms with Gasteiger partial charge in [0, 0.05) is 24.4 Å². The average Bonchev–Trinajstić information content (AvgIpc) is 3.73. The first kappa shape index (κ1) is 22.8. The van der Waals surface area contributed by atoms with Gasteiger partial charge in [0.15, 0.2) is 9.84 Å². The smallest absolute Gasteiger partial charge is 0.160 e. The minimum absolute atomic E-state index is 0.111. The fourth-order valence-corrected chi connectivity index (χ4v) is 5.92. The lowest BCUT2D eigenvalue weighted by Gasteiger charge is -2.15. The number of carbonyl (C=O) groups excluding carboxylic acids is 1. The summed E-state index contributed by atoms with van der Waals surface area (Å²) in [7, 11) is -3.20. The van der Waals surface area contributed by atoms with Gasteiger partial charge in [-0.2, -0.15) is 0 Å². The summed E-state index contributed by atoms with van der Waals surface area (Å²) in [6.45, 7) is 2.12. The highest BCUT2D eigenvalue weighted by molar-refractivity contribution is 7.91. The highest BCUT2D eigenvalue weighted by atomic mass is 32.2. The van der Waals surface area contributed by atoms with Crippen LogP contribution in [0.25, 0.3) is 11.3 Å². The van der Waals surface area contributed by atoms with Gasteiger partial charge in [0.05, 0.1) is 33.9 Å². The number of nitrogens with zero attached hydrogens (tertiary/aromatic N) is 4. The lowest BCUT2D eigenvalue weighted by Crippen LogP contribution is -2.25. The molecule has 2 aromatic heterocycles. The van der Waals surface area contributed by atoms with Crippen LogP contribution in [0.1, 0.15) is 61.8 Å². The molecular weight excluding hydrogens is 448 g/mol. The van der Waals surface area contributed by atoms with Gasteiger partial charge in [-0.3, -0.25) is 9.78 Å². The molecular formula is C26H28N4O3S. The van der Waals surface area contributed by atoms with Crippen LogP contribution in [0.5, 0.6) is 0 Å². The van der Waals surface area contributed by atoms with Crippen molar-refractivity contribution in [2.24, 2.45) is 0 Å². The third-order valence-corrected chi connectivity index (χ3v) is 8.79. The number of Topliss-reactive ketones (excluding diaryl/α,β-unsaturated/α-hetero) is 1. The summed E-state index contributed by atoms with van der Waals surface area (Å²) in [4.78, 5) is 30.9. The van der Waals surface area contributed by atoms with Gasteiger partial charge >= 0.3 is 0 Å². The maximum Gasteiger partial charge on any atom is 0.160 e. The highest BCUT2D eigenvalue weighted by Gasteiger charge is 2.52. The predicted octanol–water partition coefficient (Wildman–Crippen LogP) is 3.81. The summed E-state index contributed by atoms with van der Waals surface area (Å²) in [6.07, 6.45) is 10.3. The molecule has 0 unspecified atom stereocenters. The number of aromatic nitrogens is 4. The van der Waals surface area contributed by atoms with Crippen LogP contribution in [-0.2, 0) is 38.6 Å². The van der Waals surface area contributed by atoms with E-state index in [-0.39, 0.29) is 16.8 Å². The van der Waals surface area contributed by atoms with Gasteiger partial charge < -0.3 is 0 Å². The molecule has 0 atom stereocenters. The second-order valence-electron chi connectivity index (χ2n) is 9.39. The lowest BCUT2D eigenvalue weighted by molar-refractivity contribution is -0.120. The van der Waals surface area contributed by atoms with Crippen molar-refractivity contribution in [1.29, 1.82) is 0 Å². The van der Waals surface area contributed by atoms with E-state index in [1.54, 1.807) is 24.7 Å². The fraction of sp³-hybridized carbons (Fsp3) is 0.423. The predicted molar refractivity (Wildman–Crippen MR) is 129 cm³/mol. The zero-order valence-corrected chi connectivity index (χ0v) is 20.1. The van der Waals surface area contributed by atoms with E-state index < -0.39 is 15.3 Å². The number of ketones is 1. The van der Waals surface area contributed by atoms with Gasteiger partial charge in [-0.1, -0.05) is 37.6 Å². The normalized spacial score (nSPS) is 16.9. The zero-order chi connectivity index (χ0) is 23.8. The fourth-order valence-electron chi connectivity index (χ4n) is 4.33. The van der Waals surface area contributed by atoms with Gasteiger partial charge in [-0.15, -0.1) is 0 Å². The third kappa shape index (κ3) is 4.78. The molecule has 0 amide bonds. The second kappa shape index (κ2) is 8.98. The maximum atomic E-state index is 13.3. The Hall–Kier alpha value is -3.00. The first-order valence-corrected chi connectivity index (χ1v) is 13.6. The minimum atomic E-state index is -3.20. The van der Waals surface area contributed by atoms with Gasteiger partial charge in [0.1, 0.15) is 17.4 Å². The van der Waals surface area contributed by atoms with Crippen molar-refractivity contribution in [2.45, 2.75) is 68.3 Å². The van der Waals surface area contributed by atoms with E-state index >= 15 is 0 Å². The van der Waals surface area contributed by atoms with Crippen molar-refractivity contribution >= 4 is 15.6 Å². The molecule has 2 aliphatic rings. The number of hydrogen-bond acceptors (Lipinski definition) is 7. The second-order valence-corrected chi connectivity index (χ2v) is 11.7. The van der Waals surface area contributed by atoms with Crippen molar-refractivity contribution in [2.75, 3.05) is 0 Å². The van der Waals surface area contributed by atoms with Crippen molar-refractivity contribution in [3.8, 4) is 11.3 Å². The number of hydrogen-bond donors (Lipinski definition) is 0. The molecule has 5 rings (SSSR count). The van der Waals surface area contributed by atoms with Crippen LogP contribution in [0.2, 0.25) is 0 Å². The Bertz CT molecular complexity index is 1310. The molecule has 8 heteroatoms. The monoisotopic (exact) mass is 476 g/mol. The molecule has 0 N–H and O–H groups in total. The molecule has 34 heavy (non-hydrogen) atoms. The topological polar surface area (TPSA) is 103 Å². The molecule has 3 aromatic rings. The van der Waals surface area contributed by atoms with E-state index in [0.717, 1.165) is 61.0 Å². The van der Waals surface area contributed by atoms with Crippen molar-refractivity contribution in [1.82, 2.24) is 19.9 Å². The number of aryl methyl sites for hydroxylation is 1. The van der Waals surface area contributed by atoms with Gasteiger partial charge in [0.2, 0.25) is 0 Å². The Morgan fingerprint density at radius 2 is 1.82 bits per heavy atom. The molecule has 0 radical (unpaired) electrons. The summed E-state index contributed by atoms with van der Waals surface area (Å²) in [5.41, 5.74) is 3.73. The minimum Gasteiger partial charge on any atom is -0.298 e. The average molecular weight is 477 g/mol. The zero-order valence-electron chi connectivity index (χ0n) is 19.3. The molecule has 2 fully saturated rings. The summed E-state index contributed by atoms with van der Waals surface area (Å²) < 4.78 is 24.7. The van der Waals surface area contributed by atoms with Crippen molar-refractivity contribution < 1.29 is 13.2 Å². The van der Waals surface area contributed by atoms with Crippen LogP contribution in [0.3, 0.4) is 0 Å². The number of carbonyl (C=O) groups is 1. The molecule has 2 aliphatic carbocycles. The molecule has 2 heterocycles. The highest BCUT2D eigenvalue weighted by Crippen LogP contribution is 2.48.